The number of rotatable bonds is 6. The Morgan fingerprint density at radius 3 is 2.53 bits per heavy atom. The van der Waals surface area contributed by atoms with Gasteiger partial charge in [-0.15, -0.1) is 0 Å². The molecule has 0 aliphatic carbocycles. The zero-order valence-corrected chi connectivity index (χ0v) is 9.98. The lowest BCUT2D eigenvalue weighted by molar-refractivity contribution is 0.284. The van der Waals surface area contributed by atoms with E-state index in [9.17, 15) is 0 Å². The van der Waals surface area contributed by atoms with Crippen molar-refractivity contribution in [2.24, 2.45) is 12.8 Å². The summed E-state index contributed by atoms with van der Waals surface area (Å²) < 4.78 is 1.83. The molecule has 1 rings (SSSR count). The molecule has 86 valence electrons. The first-order chi connectivity index (χ1) is 7.21. The van der Waals surface area contributed by atoms with E-state index in [1.807, 2.05) is 17.9 Å². The van der Waals surface area contributed by atoms with Gasteiger partial charge in [0.05, 0.1) is 6.20 Å². The fraction of sp³-hybridized carbons (Fsp3) is 0.727. The number of nitrogens with zero attached hydrogens (tertiary/aromatic N) is 3. The van der Waals surface area contributed by atoms with Gasteiger partial charge in [0.2, 0.25) is 0 Å². The van der Waals surface area contributed by atoms with E-state index in [1.54, 1.807) is 0 Å². The van der Waals surface area contributed by atoms with Crippen molar-refractivity contribution in [3.05, 3.63) is 18.0 Å². The SMILES string of the molecule is CCN(CC)CC(CN)c1cnn(C)c1. The fourth-order valence-electron chi connectivity index (χ4n) is 1.76. The molecule has 0 aromatic carbocycles. The van der Waals surface area contributed by atoms with Crippen molar-refractivity contribution in [2.75, 3.05) is 26.2 Å². The molecular weight excluding hydrogens is 188 g/mol. The highest BCUT2D eigenvalue weighted by molar-refractivity contribution is 5.12. The van der Waals surface area contributed by atoms with E-state index >= 15 is 0 Å². The zero-order valence-electron chi connectivity index (χ0n) is 9.98. The van der Waals surface area contributed by atoms with Gasteiger partial charge in [0, 0.05) is 32.3 Å². The molecule has 0 aliphatic rings. The number of aromatic nitrogens is 2. The van der Waals surface area contributed by atoms with E-state index < -0.39 is 0 Å². The molecule has 1 aromatic heterocycles. The Kier molecular flexibility index (Phi) is 4.78. The largest absolute Gasteiger partial charge is 0.330 e. The summed E-state index contributed by atoms with van der Waals surface area (Å²) in [6.45, 7) is 8.22. The van der Waals surface area contributed by atoms with E-state index in [-0.39, 0.29) is 0 Å². The molecule has 0 aliphatic heterocycles. The Balaban J connectivity index is 2.63. The molecule has 0 saturated carbocycles. The Hall–Kier alpha value is -0.870. The second-order valence-corrected chi connectivity index (χ2v) is 3.87. The number of hydrogen-bond donors (Lipinski definition) is 1. The summed E-state index contributed by atoms with van der Waals surface area (Å²) in [4.78, 5) is 2.39. The third-order valence-electron chi connectivity index (χ3n) is 2.85. The lowest BCUT2D eigenvalue weighted by atomic mass is 10.0. The Morgan fingerprint density at radius 1 is 1.47 bits per heavy atom. The van der Waals surface area contributed by atoms with Crippen molar-refractivity contribution >= 4 is 0 Å². The Labute approximate surface area is 92.1 Å². The number of hydrogen-bond acceptors (Lipinski definition) is 3. The highest BCUT2D eigenvalue weighted by Gasteiger charge is 2.14. The van der Waals surface area contributed by atoms with Crippen LogP contribution in [-0.2, 0) is 7.05 Å². The van der Waals surface area contributed by atoms with Gasteiger partial charge in [0.15, 0.2) is 0 Å². The summed E-state index contributed by atoms with van der Waals surface area (Å²) in [7, 11) is 1.94. The second-order valence-electron chi connectivity index (χ2n) is 3.87. The molecular formula is C11H22N4. The first-order valence-corrected chi connectivity index (χ1v) is 5.62. The summed E-state index contributed by atoms with van der Waals surface area (Å²) in [5, 5.41) is 4.19. The van der Waals surface area contributed by atoms with E-state index in [0.717, 1.165) is 19.6 Å². The Morgan fingerprint density at radius 2 is 2.13 bits per heavy atom. The van der Waals surface area contributed by atoms with Crippen molar-refractivity contribution in [2.45, 2.75) is 19.8 Å². The van der Waals surface area contributed by atoms with Crippen LogP contribution in [0, 0.1) is 0 Å². The van der Waals surface area contributed by atoms with Crippen molar-refractivity contribution in [3.8, 4) is 0 Å². The molecule has 1 atom stereocenters. The molecule has 0 spiro atoms. The molecule has 0 amide bonds. The number of likely N-dealkylation sites (N-methyl/N-ethyl adjacent to an activating group) is 1. The van der Waals surface area contributed by atoms with Crippen LogP contribution in [0.2, 0.25) is 0 Å². The first kappa shape index (κ1) is 12.2. The van der Waals surface area contributed by atoms with Crippen molar-refractivity contribution in [3.63, 3.8) is 0 Å². The van der Waals surface area contributed by atoms with Crippen LogP contribution in [0.15, 0.2) is 12.4 Å². The van der Waals surface area contributed by atoms with Gasteiger partial charge < -0.3 is 10.6 Å². The van der Waals surface area contributed by atoms with Gasteiger partial charge in [0.25, 0.3) is 0 Å². The maximum Gasteiger partial charge on any atom is 0.0525 e. The highest BCUT2D eigenvalue weighted by atomic mass is 15.2. The van der Waals surface area contributed by atoms with Crippen LogP contribution in [0.25, 0.3) is 0 Å². The van der Waals surface area contributed by atoms with Crippen LogP contribution < -0.4 is 5.73 Å². The lowest BCUT2D eigenvalue weighted by Gasteiger charge is -2.23. The molecule has 0 bridgehead atoms. The van der Waals surface area contributed by atoms with Crippen LogP contribution in [0.4, 0.5) is 0 Å². The monoisotopic (exact) mass is 210 g/mol. The minimum atomic E-state index is 0.401. The van der Waals surface area contributed by atoms with Gasteiger partial charge in [0.1, 0.15) is 0 Å². The van der Waals surface area contributed by atoms with E-state index in [2.05, 4.69) is 30.0 Å². The van der Waals surface area contributed by atoms with Crippen LogP contribution >= 0.6 is 0 Å². The second kappa shape index (κ2) is 5.88. The minimum Gasteiger partial charge on any atom is -0.330 e. The van der Waals surface area contributed by atoms with Crippen molar-refractivity contribution in [1.29, 1.82) is 0 Å². The molecule has 1 heterocycles. The zero-order chi connectivity index (χ0) is 11.3. The van der Waals surface area contributed by atoms with Gasteiger partial charge in [-0.2, -0.15) is 5.10 Å². The van der Waals surface area contributed by atoms with Gasteiger partial charge in [-0.3, -0.25) is 4.68 Å². The van der Waals surface area contributed by atoms with E-state index in [4.69, 9.17) is 5.73 Å². The van der Waals surface area contributed by atoms with Gasteiger partial charge in [-0.05, 0) is 18.7 Å². The van der Waals surface area contributed by atoms with E-state index in [1.165, 1.54) is 5.56 Å². The van der Waals surface area contributed by atoms with Crippen LogP contribution in [0.5, 0.6) is 0 Å². The number of nitrogens with two attached hydrogens (primary N) is 1. The standard InChI is InChI=1S/C11H22N4/c1-4-15(5-2)9-10(6-12)11-7-13-14(3)8-11/h7-8,10H,4-6,9,12H2,1-3H3. The Bertz CT molecular complexity index is 278. The van der Waals surface area contributed by atoms with Crippen LogP contribution in [0.1, 0.15) is 25.3 Å². The van der Waals surface area contributed by atoms with Crippen molar-refractivity contribution in [1.82, 2.24) is 14.7 Å². The topological polar surface area (TPSA) is 47.1 Å². The molecule has 4 heteroatoms. The van der Waals surface area contributed by atoms with Crippen LogP contribution in [0.3, 0.4) is 0 Å². The van der Waals surface area contributed by atoms with Gasteiger partial charge >= 0.3 is 0 Å². The number of aryl methyl sites for hydroxylation is 1. The minimum absolute atomic E-state index is 0.401. The summed E-state index contributed by atoms with van der Waals surface area (Å²) >= 11 is 0. The molecule has 4 nitrogen and oxygen atoms in total. The first-order valence-electron chi connectivity index (χ1n) is 5.62. The summed E-state index contributed by atoms with van der Waals surface area (Å²) in [5.74, 6) is 0.401. The smallest absolute Gasteiger partial charge is 0.0525 e. The molecule has 0 fully saturated rings. The molecule has 0 radical (unpaired) electrons. The maximum atomic E-state index is 5.81. The molecule has 1 aromatic rings. The fourth-order valence-corrected chi connectivity index (χ4v) is 1.76. The van der Waals surface area contributed by atoms with Crippen LogP contribution in [-0.4, -0.2) is 40.9 Å². The molecule has 1 unspecified atom stereocenters. The molecule has 15 heavy (non-hydrogen) atoms. The van der Waals surface area contributed by atoms with Gasteiger partial charge in [-0.1, -0.05) is 13.8 Å². The average molecular weight is 210 g/mol. The third-order valence-corrected chi connectivity index (χ3v) is 2.85. The predicted molar refractivity (Wildman–Crippen MR) is 62.8 cm³/mol. The highest BCUT2D eigenvalue weighted by Crippen LogP contribution is 2.14. The van der Waals surface area contributed by atoms with E-state index in [0.29, 0.717) is 12.5 Å². The predicted octanol–water partition coefficient (Wildman–Crippen LogP) is 0.804. The summed E-state index contributed by atoms with van der Waals surface area (Å²) in [5.41, 5.74) is 7.05. The third kappa shape index (κ3) is 3.32. The maximum absolute atomic E-state index is 5.81. The van der Waals surface area contributed by atoms with Crippen molar-refractivity contribution < 1.29 is 0 Å². The molecule has 0 saturated heterocycles. The summed E-state index contributed by atoms with van der Waals surface area (Å²) in [6, 6.07) is 0. The average Bonchev–Trinajstić information content (AvgIpc) is 2.67. The van der Waals surface area contributed by atoms with Gasteiger partial charge in [-0.25, -0.2) is 0 Å². The normalized spacial score (nSPS) is 13.4. The molecule has 2 N–H and O–H groups in total. The summed E-state index contributed by atoms with van der Waals surface area (Å²) in [6.07, 6.45) is 3.97. The quantitative estimate of drug-likeness (QED) is 0.755. The lowest BCUT2D eigenvalue weighted by Crippen LogP contribution is -2.31.